The summed E-state index contributed by atoms with van der Waals surface area (Å²) in [5.41, 5.74) is 3.49. The second-order valence-electron chi connectivity index (χ2n) is 7.99. The molecule has 0 bridgehead atoms. The van der Waals surface area contributed by atoms with Crippen LogP contribution < -0.4 is 0 Å². The van der Waals surface area contributed by atoms with Gasteiger partial charge in [0.15, 0.2) is 0 Å². The zero-order chi connectivity index (χ0) is 22.2. The third-order valence-corrected chi connectivity index (χ3v) is 4.73. The van der Waals surface area contributed by atoms with Crippen LogP contribution in [0.4, 0.5) is 0 Å². The molecule has 0 aliphatic carbocycles. The lowest BCUT2D eigenvalue weighted by Gasteiger charge is -2.18. The first-order chi connectivity index (χ1) is 13.6. The molecule has 0 aliphatic heterocycles. The second-order valence-corrected chi connectivity index (χ2v) is 7.99. The number of aliphatic hydroxyl groups excluding tert-OH is 1. The van der Waals surface area contributed by atoms with Gasteiger partial charge in [0.05, 0.1) is 6.10 Å². The van der Waals surface area contributed by atoms with Crippen molar-refractivity contribution in [2.75, 3.05) is 13.2 Å². The Hall–Kier alpha value is -1.88. The van der Waals surface area contributed by atoms with Crippen LogP contribution in [0, 0.1) is 5.92 Å². The molecule has 0 aromatic heterocycles. The predicted molar refractivity (Wildman–Crippen MR) is 117 cm³/mol. The fourth-order valence-corrected chi connectivity index (χ4v) is 2.77. The number of carbonyl (C=O) groups is 2. The molecule has 0 fully saturated rings. The normalized spacial score (nSPS) is 14.2. The van der Waals surface area contributed by atoms with Crippen LogP contribution in [0.3, 0.4) is 0 Å². The van der Waals surface area contributed by atoms with Gasteiger partial charge in [0.1, 0.15) is 13.2 Å². The van der Waals surface area contributed by atoms with Gasteiger partial charge in [0.2, 0.25) is 0 Å². The Bertz CT molecular complexity index is 582. The Balaban J connectivity index is 4.53. The van der Waals surface area contributed by atoms with Crippen molar-refractivity contribution in [2.45, 2.75) is 86.2 Å². The van der Waals surface area contributed by atoms with Crippen LogP contribution in [-0.2, 0) is 19.1 Å². The minimum Gasteiger partial charge on any atom is -0.462 e. The van der Waals surface area contributed by atoms with E-state index < -0.39 is 0 Å². The summed E-state index contributed by atoms with van der Waals surface area (Å²) < 4.78 is 10.1. The van der Waals surface area contributed by atoms with Crippen molar-refractivity contribution in [1.29, 1.82) is 0 Å². The van der Waals surface area contributed by atoms with Crippen LogP contribution in [0.15, 0.2) is 34.9 Å². The Morgan fingerprint density at radius 2 is 1.59 bits per heavy atom. The molecule has 0 saturated carbocycles. The number of esters is 2. The van der Waals surface area contributed by atoms with E-state index in [1.165, 1.54) is 19.4 Å². The van der Waals surface area contributed by atoms with Gasteiger partial charge in [-0.3, -0.25) is 9.59 Å². The van der Waals surface area contributed by atoms with Crippen LogP contribution >= 0.6 is 0 Å². The van der Waals surface area contributed by atoms with E-state index in [1.807, 2.05) is 26.8 Å². The quantitative estimate of drug-likeness (QED) is 0.312. The molecule has 0 saturated heterocycles. The molecule has 5 heteroatoms. The Labute approximate surface area is 176 Å². The molecule has 0 amide bonds. The average molecular weight is 409 g/mol. The maximum atomic E-state index is 11.2. The fourth-order valence-electron chi connectivity index (χ4n) is 2.77. The van der Waals surface area contributed by atoms with Crippen molar-refractivity contribution in [2.24, 2.45) is 5.92 Å². The van der Waals surface area contributed by atoms with Gasteiger partial charge in [-0.15, -0.1) is 0 Å². The molecular weight excluding hydrogens is 368 g/mol. The lowest BCUT2D eigenvalue weighted by molar-refractivity contribution is -0.140. The first-order valence-electron chi connectivity index (χ1n) is 10.5. The predicted octanol–water partition coefficient (Wildman–Crippen LogP) is 5.29. The molecule has 0 spiro atoms. The first kappa shape index (κ1) is 27.1. The lowest BCUT2D eigenvalue weighted by atomic mass is 9.94. The summed E-state index contributed by atoms with van der Waals surface area (Å²) >= 11 is 0. The molecule has 29 heavy (non-hydrogen) atoms. The van der Waals surface area contributed by atoms with Gasteiger partial charge in [-0.1, -0.05) is 30.2 Å². The third-order valence-electron chi connectivity index (χ3n) is 4.73. The van der Waals surface area contributed by atoms with E-state index in [9.17, 15) is 14.7 Å². The van der Waals surface area contributed by atoms with Crippen molar-refractivity contribution in [3.63, 3.8) is 0 Å². The Kier molecular flexibility index (Phi) is 14.9. The number of hydrogen-bond acceptors (Lipinski definition) is 5. The van der Waals surface area contributed by atoms with Crippen LogP contribution in [0.1, 0.15) is 80.1 Å². The monoisotopic (exact) mass is 408 g/mol. The van der Waals surface area contributed by atoms with Gasteiger partial charge < -0.3 is 14.6 Å². The summed E-state index contributed by atoms with van der Waals surface area (Å²) in [6, 6.07) is 0. The second kappa shape index (κ2) is 16.0. The smallest absolute Gasteiger partial charge is 0.302 e. The van der Waals surface area contributed by atoms with Crippen molar-refractivity contribution in [3.05, 3.63) is 34.9 Å². The Morgan fingerprint density at radius 3 is 2.17 bits per heavy atom. The number of rotatable bonds is 14. The summed E-state index contributed by atoms with van der Waals surface area (Å²) in [5, 5.41) is 10.2. The van der Waals surface area contributed by atoms with Gasteiger partial charge in [-0.05, 0) is 76.9 Å². The van der Waals surface area contributed by atoms with Crippen molar-refractivity contribution in [3.8, 4) is 0 Å². The molecule has 2 atom stereocenters. The van der Waals surface area contributed by atoms with Gasteiger partial charge in [-0.2, -0.15) is 0 Å². The highest BCUT2D eigenvalue weighted by Gasteiger charge is 2.13. The highest BCUT2D eigenvalue weighted by Crippen LogP contribution is 2.19. The molecule has 2 unspecified atom stereocenters. The molecule has 0 radical (unpaired) electrons. The zero-order valence-electron chi connectivity index (χ0n) is 19.1. The summed E-state index contributed by atoms with van der Waals surface area (Å²) in [4.78, 5) is 22.0. The molecule has 0 aromatic carbocycles. The number of aliphatic hydroxyl groups is 1. The maximum Gasteiger partial charge on any atom is 0.302 e. The topological polar surface area (TPSA) is 72.8 Å². The standard InChI is InChI=1S/C24H40O5/c1-18(2)13-14-24(27)20(4)10-8-12-23(17-29-22(6)26)11-7-9-19(3)15-16-28-21(5)25/h11,13,15,20,24,27H,7-10,12,14,16-17H2,1-6H3. The summed E-state index contributed by atoms with van der Waals surface area (Å²) in [6.45, 7) is 11.6. The van der Waals surface area contributed by atoms with Gasteiger partial charge in [0, 0.05) is 13.8 Å². The van der Waals surface area contributed by atoms with E-state index in [0.29, 0.717) is 19.6 Å². The van der Waals surface area contributed by atoms with E-state index in [2.05, 4.69) is 19.1 Å². The zero-order valence-corrected chi connectivity index (χ0v) is 19.1. The van der Waals surface area contributed by atoms with Crippen molar-refractivity contribution >= 4 is 11.9 Å². The molecule has 0 aliphatic rings. The Morgan fingerprint density at radius 1 is 0.931 bits per heavy atom. The average Bonchev–Trinajstić information content (AvgIpc) is 2.62. The van der Waals surface area contributed by atoms with Crippen LogP contribution in [0.5, 0.6) is 0 Å². The van der Waals surface area contributed by atoms with E-state index in [1.54, 1.807) is 0 Å². The highest BCUT2D eigenvalue weighted by atomic mass is 16.5. The number of hydrogen-bond donors (Lipinski definition) is 1. The fraction of sp³-hybridized carbons (Fsp3) is 0.667. The SMILES string of the molecule is CC(=O)OCC=C(C)CCC=C(CCCC(C)C(O)CC=C(C)C)COC(C)=O. The highest BCUT2D eigenvalue weighted by molar-refractivity contribution is 5.66. The van der Waals surface area contributed by atoms with Gasteiger partial charge in [-0.25, -0.2) is 0 Å². The van der Waals surface area contributed by atoms with Crippen LogP contribution in [0.25, 0.3) is 0 Å². The summed E-state index contributed by atoms with van der Waals surface area (Å²) in [7, 11) is 0. The minimum atomic E-state index is -0.323. The number of ether oxygens (including phenoxy) is 2. The maximum absolute atomic E-state index is 11.2. The minimum absolute atomic E-state index is 0.229. The van der Waals surface area contributed by atoms with E-state index in [-0.39, 0.29) is 24.0 Å². The summed E-state index contributed by atoms with van der Waals surface area (Å²) in [6.07, 6.45) is 10.9. The molecule has 166 valence electrons. The molecule has 1 N–H and O–H groups in total. The number of carbonyl (C=O) groups excluding carboxylic acids is 2. The van der Waals surface area contributed by atoms with E-state index in [0.717, 1.165) is 43.3 Å². The largest absolute Gasteiger partial charge is 0.462 e. The van der Waals surface area contributed by atoms with Crippen molar-refractivity contribution in [1.82, 2.24) is 0 Å². The molecular formula is C24H40O5. The molecule has 0 rings (SSSR count). The van der Waals surface area contributed by atoms with E-state index >= 15 is 0 Å². The van der Waals surface area contributed by atoms with Gasteiger partial charge in [0.25, 0.3) is 0 Å². The first-order valence-corrected chi connectivity index (χ1v) is 10.5. The van der Waals surface area contributed by atoms with Gasteiger partial charge >= 0.3 is 11.9 Å². The molecule has 0 aromatic rings. The van der Waals surface area contributed by atoms with Crippen LogP contribution in [-0.4, -0.2) is 36.4 Å². The molecule has 0 heterocycles. The third kappa shape index (κ3) is 16.8. The lowest BCUT2D eigenvalue weighted by Crippen LogP contribution is -2.17. The molecule has 5 nitrogen and oxygen atoms in total. The number of allylic oxidation sites excluding steroid dienone is 3. The van der Waals surface area contributed by atoms with Crippen molar-refractivity contribution < 1.29 is 24.2 Å². The van der Waals surface area contributed by atoms with Crippen LogP contribution in [0.2, 0.25) is 0 Å². The van der Waals surface area contributed by atoms with E-state index in [4.69, 9.17) is 9.47 Å². The summed E-state index contributed by atoms with van der Waals surface area (Å²) in [5.74, 6) is -0.330.